The molecule has 0 fully saturated rings. The largest absolute Gasteiger partial charge is 0.356 e. The molecule has 0 aliphatic heterocycles. The van der Waals surface area contributed by atoms with E-state index >= 15 is 0 Å². The van der Waals surface area contributed by atoms with Crippen LogP contribution in [0.1, 0.15) is 22.8 Å². The fraction of sp³-hybridized carbons (Fsp3) is 0.286. The quantitative estimate of drug-likeness (QED) is 0.303. The van der Waals surface area contributed by atoms with E-state index in [4.69, 9.17) is 4.99 Å². The highest BCUT2D eigenvalue weighted by atomic mass is 127. The number of aryl methyl sites for hydroxylation is 1. The standard InChI is InChI=1S/C21H26N6.HI/c1-17-25-26-20(27(17)2)16-24-21(23-15-19-11-7-4-8-12-19)22-14-13-18-9-5-3-6-10-18;/h3-12H,13-16H2,1-2H3,(H2,22,23,24);1H. The van der Waals surface area contributed by atoms with E-state index in [2.05, 4.69) is 57.2 Å². The van der Waals surface area contributed by atoms with Crippen LogP contribution in [-0.4, -0.2) is 27.3 Å². The first-order valence-electron chi connectivity index (χ1n) is 9.17. The van der Waals surface area contributed by atoms with Gasteiger partial charge in [-0.1, -0.05) is 60.7 Å². The maximum Gasteiger partial charge on any atom is 0.191 e. The Balaban J connectivity index is 0.00000280. The molecule has 0 bridgehead atoms. The van der Waals surface area contributed by atoms with Crippen LogP contribution in [0.4, 0.5) is 0 Å². The summed E-state index contributed by atoms with van der Waals surface area (Å²) in [7, 11) is 1.97. The van der Waals surface area contributed by atoms with Crippen molar-refractivity contribution in [1.29, 1.82) is 0 Å². The van der Waals surface area contributed by atoms with Crippen LogP contribution in [0.15, 0.2) is 65.7 Å². The van der Waals surface area contributed by atoms with E-state index in [9.17, 15) is 0 Å². The van der Waals surface area contributed by atoms with Crippen molar-refractivity contribution in [2.45, 2.75) is 26.4 Å². The number of halogens is 1. The third kappa shape index (κ3) is 6.63. The van der Waals surface area contributed by atoms with Gasteiger partial charge in [0.05, 0.1) is 13.1 Å². The summed E-state index contributed by atoms with van der Waals surface area (Å²) in [5.74, 6) is 2.55. The molecule has 0 radical (unpaired) electrons. The lowest BCUT2D eigenvalue weighted by Gasteiger charge is -2.13. The summed E-state index contributed by atoms with van der Waals surface area (Å²) in [4.78, 5) is 4.71. The van der Waals surface area contributed by atoms with Gasteiger partial charge in [0.25, 0.3) is 0 Å². The summed E-state index contributed by atoms with van der Waals surface area (Å²) in [6, 6.07) is 20.7. The molecule has 0 amide bonds. The van der Waals surface area contributed by atoms with Gasteiger partial charge in [0.15, 0.2) is 11.8 Å². The van der Waals surface area contributed by atoms with Gasteiger partial charge in [0.1, 0.15) is 5.82 Å². The zero-order valence-electron chi connectivity index (χ0n) is 16.3. The molecule has 1 heterocycles. The average Bonchev–Trinajstić information content (AvgIpc) is 3.03. The minimum atomic E-state index is 0. The highest BCUT2D eigenvalue weighted by molar-refractivity contribution is 14.0. The van der Waals surface area contributed by atoms with Crippen molar-refractivity contribution in [3.8, 4) is 0 Å². The Morgan fingerprint density at radius 2 is 1.57 bits per heavy atom. The summed E-state index contributed by atoms with van der Waals surface area (Å²) in [5.41, 5.74) is 2.48. The molecule has 1 aromatic heterocycles. The molecule has 0 aliphatic rings. The Morgan fingerprint density at radius 3 is 2.18 bits per heavy atom. The zero-order valence-corrected chi connectivity index (χ0v) is 18.6. The topological polar surface area (TPSA) is 67.1 Å². The van der Waals surface area contributed by atoms with E-state index < -0.39 is 0 Å². The van der Waals surface area contributed by atoms with Crippen molar-refractivity contribution < 1.29 is 0 Å². The van der Waals surface area contributed by atoms with E-state index in [0.717, 1.165) is 30.6 Å². The molecule has 28 heavy (non-hydrogen) atoms. The van der Waals surface area contributed by atoms with Gasteiger partial charge in [0.2, 0.25) is 0 Å². The molecule has 2 aromatic carbocycles. The summed E-state index contributed by atoms with van der Waals surface area (Å²) in [6.07, 6.45) is 0.940. The summed E-state index contributed by atoms with van der Waals surface area (Å²) < 4.78 is 1.98. The van der Waals surface area contributed by atoms with Crippen molar-refractivity contribution in [3.63, 3.8) is 0 Å². The van der Waals surface area contributed by atoms with Gasteiger partial charge in [0, 0.05) is 13.6 Å². The van der Waals surface area contributed by atoms with Crippen LogP contribution in [0.25, 0.3) is 0 Å². The summed E-state index contributed by atoms with van der Waals surface area (Å²) in [6.45, 7) is 3.95. The van der Waals surface area contributed by atoms with E-state index in [1.165, 1.54) is 11.1 Å². The highest BCUT2D eigenvalue weighted by Gasteiger charge is 2.06. The van der Waals surface area contributed by atoms with Gasteiger partial charge < -0.3 is 15.2 Å². The second-order valence-corrected chi connectivity index (χ2v) is 6.39. The minimum absolute atomic E-state index is 0. The van der Waals surface area contributed by atoms with Crippen molar-refractivity contribution in [2.75, 3.05) is 6.54 Å². The maximum absolute atomic E-state index is 4.71. The van der Waals surface area contributed by atoms with E-state index in [1.54, 1.807) is 0 Å². The van der Waals surface area contributed by atoms with Crippen LogP contribution < -0.4 is 10.6 Å². The van der Waals surface area contributed by atoms with Crippen LogP contribution in [0.2, 0.25) is 0 Å². The first-order chi connectivity index (χ1) is 13.2. The molecule has 3 rings (SSSR count). The minimum Gasteiger partial charge on any atom is -0.356 e. The Hall–Kier alpha value is -2.42. The average molecular weight is 490 g/mol. The third-order valence-corrected chi connectivity index (χ3v) is 4.41. The lowest BCUT2D eigenvalue weighted by atomic mass is 10.1. The number of aromatic nitrogens is 3. The molecule has 3 aromatic rings. The number of nitrogens with zero attached hydrogens (tertiary/aromatic N) is 4. The Kier molecular flexibility index (Phi) is 8.93. The third-order valence-electron chi connectivity index (χ3n) is 4.41. The molecule has 148 valence electrons. The second kappa shape index (κ2) is 11.4. The van der Waals surface area contributed by atoms with Crippen LogP contribution in [-0.2, 0) is 26.6 Å². The molecule has 2 N–H and O–H groups in total. The fourth-order valence-electron chi connectivity index (χ4n) is 2.67. The smallest absolute Gasteiger partial charge is 0.191 e. The molecule has 0 atom stereocenters. The highest BCUT2D eigenvalue weighted by Crippen LogP contribution is 2.02. The van der Waals surface area contributed by atoms with Gasteiger partial charge in [-0.05, 0) is 24.5 Å². The van der Waals surface area contributed by atoms with E-state index in [-0.39, 0.29) is 24.0 Å². The Labute approximate surface area is 183 Å². The molecule has 7 heteroatoms. The summed E-state index contributed by atoms with van der Waals surface area (Å²) in [5, 5.41) is 15.1. The Bertz CT molecular complexity index is 861. The first kappa shape index (κ1) is 21.9. The molecular weight excluding hydrogens is 463 g/mol. The van der Waals surface area contributed by atoms with Crippen LogP contribution in [0.5, 0.6) is 0 Å². The molecule has 0 saturated heterocycles. The van der Waals surface area contributed by atoms with Crippen molar-refractivity contribution in [3.05, 3.63) is 83.4 Å². The lowest BCUT2D eigenvalue weighted by Crippen LogP contribution is -2.38. The number of nitrogens with one attached hydrogen (secondary N) is 2. The fourth-order valence-corrected chi connectivity index (χ4v) is 2.67. The number of rotatable bonds is 7. The first-order valence-corrected chi connectivity index (χ1v) is 9.17. The Morgan fingerprint density at radius 1 is 0.929 bits per heavy atom. The van der Waals surface area contributed by atoms with Crippen molar-refractivity contribution in [1.82, 2.24) is 25.4 Å². The second-order valence-electron chi connectivity index (χ2n) is 6.39. The van der Waals surface area contributed by atoms with Crippen molar-refractivity contribution >= 4 is 29.9 Å². The zero-order chi connectivity index (χ0) is 18.9. The summed E-state index contributed by atoms with van der Waals surface area (Å²) >= 11 is 0. The SMILES string of the molecule is Cc1nnc(CNC(=NCc2ccccc2)NCCc2ccccc2)n1C.I. The number of hydrogen-bond donors (Lipinski definition) is 2. The van der Waals surface area contributed by atoms with Gasteiger partial charge in [-0.25, -0.2) is 4.99 Å². The van der Waals surface area contributed by atoms with Gasteiger partial charge in [-0.3, -0.25) is 0 Å². The van der Waals surface area contributed by atoms with Crippen LogP contribution in [0, 0.1) is 6.92 Å². The van der Waals surface area contributed by atoms with Crippen molar-refractivity contribution in [2.24, 2.45) is 12.0 Å². The number of aliphatic imine (C=N–C) groups is 1. The predicted octanol–water partition coefficient (Wildman–Crippen LogP) is 3.22. The molecule has 6 nitrogen and oxygen atoms in total. The normalized spacial score (nSPS) is 11.0. The monoisotopic (exact) mass is 490 g/mol. The van der Waals surface area contributed by atoms with Crippen LogP contribution in [0.3, 0.4) is 0 Å². The van der Waals surface area contributed by atoms with E-state index in [0.29, 0.717) is 13.1 Å². The van der Waals surface area contributed by atoms with E-state index in [1.807, 2.05) is 42.8 Å². The molecule has 0 aliphatic carbocycles. The number of guanidine groups is 1. The predicted molar refractivity (Wildman–Crippen MR) is 124 cm³/mol. The molecule has 0 saturated carbocycles. The lowest BCUT2D eigenvalue weighted by molar-refractivity contribution is 0.713. The number of hydrogen-bond acceptors (Lipinski definition) is 3. The maximum atomic E-state index is 4.71. The molecule has 0 spiro atoms. The van der Waals surface area contributed by atoms with Gasteiger partial charge in [-0.15, -0.1) is 34.2 Å². The van der Waals surface area contributed by atoms with Gasteiger partial charge >= 0.3 is 0 Å². The van der Waals surface area contributed by atoms with Gasteiger partial charge in [-0.2, -0.15) is 0 Å². The van der Waals surface area contributed by atoms with Crippen LogP contribution >= 0.6 is 24.0 Å². The molecular formula is C21H27IN6. The number of benzene rings is 2. The molecule has 0 unspecified atom stereocenters.